The maximum atomic E-state index is 11.8. The minimum Gasteiger partial charge on any atom is -0.319 e. The van der Waals surface area contributed by atoms with Crippen LogP contribution in [0.3, 0.4) is 0 Å². The van der Waals surface area contributed by atoms with Gasteiger partial charge in [0.15, 0.2) is 9.84 Å². The summed E-state index contributed by atoms with van der Waals surface area (Å²) in [5, 5.41) is 3.13. The molecule has 96 valence electrons. The third-order valence-corrected chi connectivity index (χ3v) is 4.71. The Morgan fingerprint density at radius 3 is 2.47 bits per heavy atom. The minimum absolute atomic E-state index is 0.0754. The highest BCUT2D eigenvalue weighted by molar-refractivity contribution is 7.91. The summed E-state index contributed by atoms with van der Waals surface area (Å²) in [6.07, 6.45) is 0. The molecule has 0 radical (unpaired) electrons. The minimum atomic E-state index is -3.12. The number of nitrogens with one attached hydrogen (secondary N) is 1. The first-order valence-electron chi connectivity index (χ1n) is 5.81. The largest absolute Gasteiger partial charge is 0.319 e. The molecule has 0 saturated heterocycles. The average molecular weight is 255 g/mol. The van der Waals surface area contributed by atoms with Crippen LogP contribution >= 0.6 is 0 Å². The Morgan fingerprint density at radius 2 is 1.94 bits per heavy atom. The Kier molecular flexibility index (Phi) is 4.33. The van der Waals surface area contributed by atoms with Crippen LogP contribution in [-0.2, 0) is 15.3 Å². The maximum Gasteiger partial charge on any atom is 0.178 e. The summed E-state index contributed by atoms with van der Waals surface area (Å²) in [4.78, 5) is 0.418. The Hall–Kier alpha value is -0.870. The Morgan fingerprint density at radius 1 is 1.29 bits per heavy atom. The van der Waals surface area contributed by atoms with Crippen LogP contribution in [0.5, 0.6) is 0 Å². The zero-order chi connectivity index (χ0) is 13.1. The van der Waals surface area contributed by atoms with Crippen molar-refractivity contribution in [3.05, 3.63) is 29.8 Å². The lowest BCUT2D eigenvalue weighted by molar-refractivity contribution is 0.493. The van der Waals surface area contributed by atoms with Crippen molar-refractivity contribution in [3.63, 3.8) is 0 Å². The molecule has 17 heavy (non-hydrogen) atoms. The molecular weight excluding hydrogens is 234 g/mol. The number of hydrogen-bond donors (Lipinski definition) is 1. The molecule has 1 aromatic carbocycles. The van der Waals surface area contributed by atoms with Crippen LogP contribution in [0.25, 0.3) is 0 Å². The van der Waals surface area contributed by atoms with Crippen LogP contribution in [0.1, 0.15) is 26.3 Å². The first kappa shape index (κ1) is 14.2. The quantitative estimate of drug-likeness (QED) is 0.875. The van der Waals surface area contributed by atoms with Crippen molar-refractivity contribution < 1.29 is 8.42 Å². The van der Waals surface area contributed by atoms with E-state index in [2.05, 4.69) is 19.2 Å². The van der Waals surface area contributed by atoms with Crippen LogP contribution < -0.4 is 5.32 Å². The van der Waals surface area contributed by atoms with E-state index < -0.39 is 9.84 Å². The molecule has 0 atom stereocenters. The van der Waals surface area contributed by atoms with Crippen molar-refractivity contribution in [3.8, 4) is 0 Å². The lowest BCUT2D eigenvalue weighted by Gasteiger charge is -2.25. The smallest absolute Gasteiger partial charge is 0.178 e. The summed E-state index contributed by atoms with van der Waals surface area (Å²) in [5.41, 5.74) is 0.968. The van der Waals surface area contributed by atoms with E-state index in [1.54, 1.807) is 19.1 Å². The first-order chi connectivity index (χ1) is 7.83. The molecule has 4 heteroatoms. The molecule has 0 bridgehead atoms. The lowest BCUT2D eigenvalue weighted by Crippen LogP contribution is -2.30. The van der Waals surface area contributed by atoms with E-state index in [0.717, 1.165) is 12.1 Å². The van der Waals surface area contributed by atoms with Crippen molar-refractivity contribution in [1.82, 2.24) is 5.32 Å². The molecule has 0 amide bonds. The monoisotopic (exact) mass is 255 g/mol. The lowest BCUT2D eigenvalue weighted by atomic mass is 9.85. The summed E-state index contributed by atoms with van der Waals surface area (Å²) in [5.74, 6) is 0.142. The zero-order valence-electron chi connectivity index (χ0n) is 10.9. The van der Waals surface area contributed by atoms with E-state index in [1.165, 1.54) is 0 Å². The maximum absolute atomic E-state index is 11.8. The molecular formula is C13H21NO2S. The Bertz CT molecular complexity index is 478. The second kappa shape index (κ2) is 5.19. The predicted molar refractivity (Wildman–Crippen MR) is 71.1 cm³/mol. The van der Waals surface area contributed by atoms with Gasteiger partial charge in [-0.2, -0.15) is 0 Å². The summed E-state index contributed by atoms with van der Waals surface area (Å²) < 4.78 is 23.6. The normalized spacial score (nSPS) is 12.7. The molecule has 0 spiro atoms. The van der Waals surface area contributed by atoms with Gasteiger partial charge in [0.1, 0.15) is 0 Å². The molecule has 0 heterocycles. The summed E-state index contributed by atoms with van der Waals surface area (Å²) in [6.45, 7) is 6.67. The SMILES string of the molecule is CCS(=O)(=O)c1cccc(C(C)(C)CNC)c1. The summed E-state index contributed by atoms with van der Waals surface area (Å²) in [6, 6.07) is 7.25. The van der Waals surface area contributed by atoms with Gasteiger partial charge in [-0.05, 0) is 24.7 Å². The standard InChI is InChI=1S/C13H21NO2S/c1-5-17(15,16)12-8-6-7-11(9-12)13(2,3)10-14-4/h6-9,14H,5,10H2,1-4H3. The van der Waals surface area contributed by atoms with Crippen LogP contribution in [0, 0.1) is 0 Å². The fourth-order valence-electron chi connectivity index (χ4n) is 1.82. The van der Waals surface area contributed by atoms with Gasteiger partial charge in [0.2, 0.25) is 0 Å². The number of sulfone groups is 1. The van der Waals surface area contributed by atoms with Crippen LogP contribution in [0.2, 0.25) is 0 Å². The van der Waals surface area contributed by atoms with E-state index in [-0.39, 0.29) is 11.2 Å². The second-order valence-electron chi connectivity index (χ2n) is 4.85. The van der Waals surface area contributed by atoms with Crippen molar-refractivity contribution in [2.24, 2.45) is 0 Å². The van der Waals surface area contributed by atoms with E-state index in [0.29, 0.717) is 4.90 Å². The van der Waals surface area contributed by atoms with Gasteiger partial charge in [0.25, 0.3) is 0 Å². The second-order valence-corrected chi connectivity index (χ2v) is 7.12. The van der Waals surface area contributed by atoms with Crippen molar-refractivity contribution >= 4 is 9.84 Å². The molecule has 0 aliphatic heterocycles. The predicted octanol–water partition coefficient (Wildman–Crippen LogP) is 1.98. The summed E-state index contributed by atoms with van der Waals surface area (Å²) in [7, 11) is -1.22. The highest BCUT2D eigenvalue weighted by Gasteiger charge is 2.21. The number of likely N-dealkylation sites (N-methyl/N-ethyl adjacent to an activating group) is 1. The van der Waals surface area contributed by atoms with Gasteiger partial charge in [0, 0.05) is 12.0 Å². The molecule has 0 aliphatic carbocycles. The van der Waals surface area contributed by atoms with Gasteiger partial charge in [-0.3, -0.25) is 0 Å². The highest BCUT2D eigenvalue weighted by Crippen LogP contribution is 2.25. The third-order valence-electron chi connectivity index (χ3n) is 2.97. The van der Waals surface area contributed by atoms with Crippen molar-refractivity contribution in [1.29, 1.82) is 0 Å². The Balaban J connectivity index is 3.19. The first-order valence-corrected chi connectivity index (χ1v) is 7.46. The fraction of sp³-hybridized carbons (Fsp3) is 0.538. The van der Waals surface area contributed by atoms with Gasteiger partial charge in [-0.1, -0.05) is 32.9 Å². The van der Waals surface area contributed by atoms with Gasteiger partial charge < -0.3 is 5.32 Å². The molecule has 0 aromatic heterocycles. The molecule has 0 fully saturated rings. The van der Waals surface area contributed by atoms with Gasteiger partial charge >= 0.3 is 0 Å². The van der Waals surface area contributed by atoms with Crippen LogP contribution in [-0.4, -0.2) is 27.8 Å². The van der Waals surface area contributed by atoms with E-state index in [4.69, 9.17) is 0 Å². The number of hydrogen-bond acceptors (Lipinski definition) is 3. The summed E-state index contributed by atoms with van der Waals surface area (Å²) >= 11 is 0. The van der Waals surface area contributed by atoms with E-state index >= 15 is 0 Å². The Labute approximate surface area is 104 Å². The van der Waals surface area contributed by atoms with Crippen LogP contribution in [0.15, 0.2) is 29.2 Å². The fourth-order valence-corrected chi connectivity index (χ4v) is 2.75. The van der Waals surface area contributed by atoms with Gasteiger partial charge in [0.05, 0.1) is 10.6 Å². The third kappa shape index (κ3) is 3.30. The molecule has 0 unspecified atom stereocenters. The van der Waals surface area contributed by atoms with E-state index in [9.17, 15) is 8.42 Å². The topological polar surface area (TPSA) is 46.2 Å². The zero-order valence-corrected chi connectivity index (χ0v) is 11.8. The number of rotatable bonds is 5. The molecule has 1 aromatic rings. The van der Waals surface area contributed by atoms with E-state index in [1.807, 2.05) is 19.2 Å². The molecule has 1 N–H and O–H groups in total. The molecule has 3 nitrogen and oxygen atoms in total. The van der Waals surface area contributed by atoms with Crippen molar-refractivity contribution in [2.75, 3.05) is 19.3 Å². The number of benzene rings is 1. The molecule has 0 saturated carbocycles. The van der Waals surface area contributed by atoms with Crippen LogP contribution in [0.4, 0.5) is 0 Å². The highest BCUT2D eigenvalue weighted by atomic mass is 32.2. The van der Waals surface area contributed by atoms with Gasteiger partial charge in [-0.15, -0.1) is 0 Å². The van der Waals surface area contributed by atoms with Crippen molar-refractivity contribution in [2.45, 2.75) is 31.1 Å². The van der Waals surface area contributed by atoms with Gasteiger partial charge in [-0.25, -0.2) is 8.42 Å². The molecule has 1 rings (SSSR count). The average Bonchev–Trinajstić information content (AvgIpc) is 2.29. The molecule has 0 aliphatic rings.